The molecule has 0 bridgehead atoms. The van der Waals surface area contributed by atoms with Crippen molar-refractivity contribution in [3.8, 4) is 0 Å². The van der Waals surface area contributed by atoms with Gasteiger partial charge in [0.15, 0.2) is 0 Å². The zero-order valence-corrected chi connectivity index (χ0v) is 6.24. The average Bonchev–Trinajstić information content (AvgIpc) is 2.37. The van der Waals surface area contributed by atoms with Gasteiger partial charge in [0.2, 0.25) is 0 Å². The lowest BCUT2D eigenvalue weighted by Crippen LogP contribution is -2.00. The largest absolute Gasteiger partial charge is 0.362 e. The van der Waals surface area contributed by atoms with Gasteiger partial charge in [0, 0.05) is 13.5 Å². The molecule has 0 aliphatic rings. The van der Waals surface area contributed by atoms with E-state index in [1.165, 1.54) is 0 Å². The van der Waals surface area contributed by atoms with Crippen LogP contribution in [0, 0.1) is 0 Å². The summed E-state index contributed by atoms with van der Waals surface area (Å²) in [6, 6.07) is 0. The SMILES string of the molecule is CCc1ncn(COC)n1. The van der Waals surface area contributed by atoms with Crippen LogP contribution in [0.25, 0.3) is 0 Å². The van der Waals surface area contributed by atoms with Gasteiger partial charge in [0.1, 0.15) is 18.9 Å². The molecule has 0 amide bonds. The van der Waals surface area contributed by atoms with E-state index in [9.17, 15) is 0 Å². The second-order valence-corrected chi connectivity index (χ2v) is 1.97. The van der Waals surface area contributed by atoms with Gasteiger partial charge >= 0.3 is 0 Å². The molecule has 1 aromatic rings. The number of aromatic nitrogens is 3. The molecule has 0 radical (unpaired) electrons. The predicted molar refractivity (Wildman–Crippen MR) is 36.4 cm³/mol. The van der Waals surface area contributed by atoms with Crippen LogP contribution >= 0.6 is 0 Å². The Hall–Kier alpha value is -0.900. The maximum Gasteiger partial charge on any atom is 0.150 e. The highest BCUT2D eigenvalue weighted by Gasteiger charge is 1.94. The molecule has 0 fully saturated rings. The molecule has 56 valence electrons. The lowest BCUT2D eigenvalue weighted by Gasteiger charge is -1.94. The van der Waals surface area contributed by atoms with Crippen LogP contribution in [0.2, 0.25) is 0 Å². The number of ether oxygens (including phenoxy) is 1. The number of aryl methyl sites for hydroxylation is 1. The van der Waals surface area contributed by atoms with Crippen molar-refractivity contribution < 1.29 is 4.74 Å². The van der Waals surface area contributed by atoms with Gasteiger partial charge in [-0.2, -0.15) is 5.10 Å². The molecule has 0 saturated heterocycles. The summed E-state index contributed by atoms with van der Waals surface area (Å²) >= 11 is 0. The van der Waals surface area contributed by atoms with Crippen molar-refractivity contribution in [2.75, 3.05) is 7.11 Å². The van der Waals surface area contributed by atoms with E-state index in [4.69, 9.17) is 4.74 Å². The van der Waals surface area contributed by atoms with Gasteiger partial charge in [0.05, 0.1) is 0 Å². The van der Waals surface area contributed by atoms with Crippen molar-refractivity contribution >= 4 is 0 Å². The van der Waals surface area contributed by atoms with E-state index >= 15 is 0 Å². The van der Waals surface area contributed by atoms with Gasteiger partial charge in [-0.15, -0.1) is 0 Å². The number of methoxy groups -OCH3 is 1. The maximum atomic E-state index is 4.85. The fourth-order valence-corrected chi connectivity index (χ4v) is 0.690. The van der Waals surface area contributed by atoms with Crippen molar-refractivity contribution in [1.29, 1.82) is 0 Å². The average molecular weight is 141 g/mol. The number of nitrogens with zero attached hydrogens (tertiary/aromatic N) is 3. The summed E-state index contributed by atoms with van der Waals surface area (Å²) < 4.78 is 6.51. The van der Waals surface area contributed by atoms with E-state index in [1.807, 2.05) is 6.92 Å². The zero-order chi connectivity index (χ0) is 7.40. The molecule has 0 N–H and O–H groups in total. The number of hydrogen-bond acceptors (Lipinski definition) is 3. The third kappa shape index (κ3) is 1.54. The smallest absolute Gasteiger partial charge is 0.150 e. The molecular weight excluding hydrogens is 130 g/mol. The Morgan fingerprint density at radius 1 is 1.70 bits per heavy atom. The monoisotopic (exact) mass is 141 g/mol. The van der Waals surface area contributed by atoms with Crippen molar-refractivity contribution in [3.63, 3.8) is 0 Å². The van der Waals surface area contributed by atoms with E-state index < -0.39 is 0 Å². The predicted octanol–water partition coefficient (Wildman–Crippen LogP) is 0.444. The van der Waals surface area contributed by atoms with Crippen molar-refractivity contribution in [2.45, 2.75) is 20.1 Å². The molecule has 10 heavy (non-hydrogen) atoms. The summed E-state index contributed by atoms with van der Waals surface area (Å²) in [5, 5.41) is 4.10. The summed E-state index contributed by atoms with van der Waals surface area (Å²) in [4.78, 5) is 4.03. The molecule has 0 spiro atoms. The van der Waals surface area contributed by atoms with Gasteiger partial charge in [-0.05, 0) is 0 Å². The Bertz CT molecular complexity index is 197. The Balaban J connectivity index is 2.59. The van der Waals surface area contributed by atoms with Crippen molar-refractivity contribution in [1.82, 2.24) is 14.8 Å². The van der Waals surface area contributed by atoms with Gasteiger partial charge in [-0.1, -0.05) is 6.92 Å². The standard InChI is InChI=1S/C6H11N3O/c1-3-6-7-4-9(8-6)5-10-2/h4H,3,5H2,1-2H3. The van der Waals surface area contributed by atoms with Gasteiger partial charge in [-0.25, -0.2) is 9.67 Å². The summed E-state index contributed by atoms with van der Waals surface area (Å²) in [7, 11) is 1.63. The lowest BCUT2D eigenvalue weighted by molar-refractivity contribution is 0.120. The van der Waals surface area contributed by atoms with Crippen LogP contribution in [0.4, 0.5) is 0 Å². The molecule has 0 saturated carbocycles. The maximum absolute atomic E-state index is 4.85. The zero-order valence-electron chi connectivity index (χ0n) is 6.24. The molecule has 4 heteroatoms. The van der Waals surface area contributed by atoms with Gasteiger partial charge in [-0.3, -0.25) is 0 Å². The molecule has 0 aromatic carbocycles. The highest BCUT2D eigenvalue weighted by atomic mass is 16.5. The molecule has 1 rings (SSSR count). The highest BCUT2D eigenvalue weighted by molar-refractivity contribution is 4.78. The Labute approximate surface area is 59.8 Å². The van der Waals surface area contributed by atoms with Crippen LogP contribution in [0.3, 0.4) is 0 Å². The summed E-state index contributed by atoms with van der Waals surface area (Å²) in [5.41, 5.74) is 0. The molecule has 0 aliphatic heterocycles. The first-order valence-corrected chi connectivity index (χ1v) is 3.24. The molecule has 0 atom stereocenters. The van der Waals surface area contributed by atoms with Crippen LogP contribution in [0.15, 0.2) is 6.33 Å². The summed E-state index contributed by atoms with van der Waals surface area (Å²) in [5.74, 6) is 0.858. The molecule has 1 heterocycles. The minimum absolute atomic E-state index is 0.479. The van der Waals surface area contributed by atoms with Crippen LogP contribution < -0.4 is 0 Å². The topological polar surface area (TPSA) is 39.9 Å². The Morgan fingerprint density at radius 2 is 2.50 bits per heavy atom. The fourth-order valence-electron chi connectivity index (χ4n) is 0.690. The fraction of sp³-hybridized carbons (Fsp3) is 0.667. The second-order valence-electron chi connectivity index (χ2n) is 1.97. The van der Waals surface area contributed by atoms with Crippen LogP contribution in [-0.4, -0.2) is 21.9 Å². The van der Waals surface area contributed by atoms with Crippen molar-refractivity contribution in [3.05, 3.63) is 12.2 Å². The lowest BCUT2D eigenvalue weighted by atomic mass is 10.5. The Kier molecular flexibility index (Phi) is 2.39. The normalized spacial score (nSPS) is 10.2. The van der Waals surface area contributed by atoms with Crippen LogP contribution in [-0.2, 0) is 17.9 Å². The van der Waals surface area contributed by atoms with Crippen LogP contribution in [0.5, 0.6) is 0 Å². The third-order valence-electron chi connectivity index (χ3n) is 1.16. The molecule has 4 nitrogen and oxygen atoms in total. The van der Waals surface area contributed by atoms with E-state index in [1.54, 1.807) is 18.1 Å². The van der Waals surface area contributed by atoms with Crippen LogP contribution in [0.1, 0.15) is 12.7 Å². The van der Waals surface area contributed by atoms with Gasteiger partial charge < -0.3 is 4.74 Å². The Morgan fingerprint density at radius 3 is 3.00 bits per heavy atom. The first-order valence-electron chi connectivity index (χ1n) is 3.24. The first kappa shape index (κ1) is 7.21. The number of hydrogen-bond donors (Lipinski definition) is 0. The minimum Gasteiger partial charge on any atom is -0.362 e. The second kappa shape index (κ2) is 3.31. The minimum atomic E-state index is 0.479. The summed E-state index contributed by atoms with van der Waals surface area (Å²) in [6.07, 6.45) is 2.54. The third-order valence-corrected chi connectivity index (χ3v) is 1.16. The van der Waals surface area contributed by atoms with E-state index in [2.05, 4.69) is 10.1 Å². The highest BCUT2D eigenvalue weighted by Crippen LogP contribution is 1.89. The van der Waals surface area contributed by atoms with E-state index in [0.717, 1.165) is 12.2 Å². The molecule has 1 aromatic heterocycles. The quantitative estimate of drug-likeness (QED) is 0.613. The molecule has 0 unspecified atom stereocenters. The van der Waals surface area contributed by atoms with Crippen molar-refractivity contribution in [2.24, 2.45) is 0 Å². The van der Waals surface area contributed by atoms with Gasteiger partial charge in [0.25, 0.3) is 0 Å². The van der Waals surface area contributed by atoms with E-state index in [-0.39, 0.29) is 0 Å². The first-order chi connectivity index (χ1) is 4.86. The molecular formula is C6H11N3O. The molecule has 0 aliphatic carbocycles. The van der Waals surface area contributed by atoms with E-state index in [0.29, 0.717) is 6.73 Å². The summed E-state index contributed by atoms with van der Waals surface area (Å²) in [6.45, 7) is 2.50. The number of rotatable bonds is 3.